The molecule has 1 N–H and O–H groups in total. The molecule has 3 aromatic carbocycles. The molecule has 0 bridgehead atoms. The Kier molecular flexibility index (Phi) is 7.98. The highest BCUT2D eigenvalue weighted by molar-refractivity contribution is 5.75. The topological polar surface area (TPSA) is 62.1 Å². The number of hydrogen-bond acceptors (Lipinski definition) is 4. The van der Waals surface area contributed by atoms with Crippen LogP contribution in [0.4, 0.5) is 0 Å². The van der Waals surface area contributed by atoms with E-state index in [-0.39, 0.29) is 5.78 Å². The van der Waals surface area contributed by atoms with Crippen molar-refractivity contribution in [1.29, 1.82) is 5.26 Å². The van der Waals surface area contributed by atoms with Crippen molar-refractivity contribution in [3.8, 4) is 22.9 Å². The smallest absolute Gasteiger partial charge is 0.137 e. The third-order valence-electron chi connectivity index (χ3n) is 5.29. The quantitative estimate of drug-likeness (QED) is 0.442. The summed E-state index contributed by atoms with van der Waals surface area (Å²) in [5.41, 5.74) is 6.20. The molecule has 158 valence electrons. The molecule has 0 aliphatic carbocycles. The Labute approximate surface area is 184 Å². The van der Waals surface area contributed by atoms with Crippen LogP contribution in [0.1, 0.15) is 42.0 Å². The highest BCUT2D eigenvalue weighted by Gasteiger charge is 2.09. The van der Waals surface area contributed by atoms with Crippen LogP contribution in [0.2, 0.25) is 0 Å². The molecular weight excluding hydrogens is 384 g/mol. The maximum atomic E-state index is 11.0. The number of Topliss-reactive ketones (excluding diaryl/α,β-unsaturated/α-hetero) is 1. The minimum absolute atomic E-state index is 0.208. The van der Waals surface area contributed by atoms with Gasteiger partial charge in [-0.25, -0.2) is 0 Å². The van der Waals surface area contributed by atoms with Crippen molar-refractivity contribution in [2.45, 2.75) is 39.8 Å². The summed E-state index contributed by atoms with van der Waals surface area (Å²) < 4.78 is 6.03. The average molecular weight is 413 g/mol. The fraction of sp³-hybridized carbons (Fsp3) is 0.259. The molecule has 31 heavy (non-hydrogen) atoms. The Morgan fingerprint density at radius 3 is 2.61 bits per heavy atom. The van der Waals surface area contributed by atoms with E-state index in [0.717, 1.165) is 24.1 Å². The lowest BCUT2D eigenvalue weighted by atomic mass is 9.97. The van der Waals surface area contributed by atoms with Crippen molar-refractivity contribution in [2.75, 3.05) is 6.54 Å². The molecule has 0 spiro atoms. The van der Waals surface area contributed by atoms with Gasteiger partial charge in [-0.2, -0.15) is 5.26 Å². The largest absolute Gasteiger partial charge is 0.488 e. The van der Waals surface area contributed by atoms with E-state index in [1.165, 1.54) is 16.7 Å². The molecule has 4 nitrogen and oxygen atoms in total. The lowest BCUT2D eigenvalue weighted by Gasteiger charge is -2.14. The fourth-order valence-corrected chi connectivity index (χ4v) is 3.52. The molecule has 0 saturated carbocycles. The monoisotopic (exact) mass is 412 g/mol. The number of nitriles is 1. The maximum absolute atomic E-state index is 11.0. The fourth-order valence-electron chi connectivity index (χ4n) is 3.52. The first-order valence-electron chi connectivity index (χ1n) is 10.6. The summed E-state index contributed by atoms with van der Waals surface area (Å²) in [6, 6.07) is 24.5. The number of ether oxygens (including phenoxy) is 1. The van der Waals surface area contributed by atoms with Gasteiger partial charge in [-0.05, 0) is 66.8 Å². The minimum atomic E-state index is 0.208. The van der Waals surface area contributed by atoms with Gasteiger partial charge in [0, 0.05) is 13.0 Å². The van der Waals surface area contributed by atoms with Gasteiger partial charge in [0.05, 0.1) is 5.56 Å². The van der Waals surface area contributed by atoms with Crippen molar-refractivity contribution in [3.63, 3.8) is 0 Å². The van der Waals surface area contributed by atoms with E-state index in [1.807, 2.05) is 42.5 Å². The number of benzene rings is 3. The molecule has 0 radical (unpaired) electrons. The Morgan fingerprint density at radius 1 is 1.06 bits per heavy atom. The van der Waals surface area contributed by atoms with Crippen molar-refractivity contribution in [1.82, 2.24) is 5.32 Å². The minimum Gasteiger partial charge on any atom is -0.488 e. The highest BCUT2D eigenvalue weighted by Crippen LogP contribution is 2.27. The second-order valence-corrected chi connectivity index (χ2v) is 7.67. The summed E-state index contributed by atoms with van der Waals surface area (Å²) in [5.74, 6) is 0.798. The Hall–Kier alpha value is -3.42. The van der Waals surface area contributed by atoms with Gasteiger partial charge in [0.2, 0.25) is 0 Å². The summed E-state index contributed by atoms with van der Waals surface area (Å²) in [5, 5.41) is 12.9. The van der Waals surface area contributed by atoms with E-state index < -0.39 is 0 Å². The summed E-state index contributed by atoms with van der Waals surface area (Å²) >= 11 is 0. The van der Waals surface area contributed by atoms with Gasteiger partial charge in [0.1, 0.15) is 24.2 Å². The van der Waals surface area contributed by atoms with E-state index in [1.54, 1.807) is 6.92 Å². The lowest BCUT2D eigenvalue weighted by molar-refractivity contribution is -0.117. The zero-order valence-corrected chi connectivity index (χ0v) is 18.2. The SMILES string of the molecule is CC(=O)CCCNCc1ccc(OCc2cccc(-c3ccccc3)c2C)c(C#N)c1. The third kappa shape index (κ3) is 6.28. The Balaban J connectivity index is 1.64. The molecule has 0 atom stereocenters. The molecule has 3 rings (SSSR count). The molecule has 4 heteroatoms. The average Bonchev–Trinajstić information content (AvgIpc) is 2.79. The summed E-state index contributed by atoms with van der Waals surface area (Å²) in [4.78, 5) is 11.0. The molecule has 0 heterocycles. The van der Waals surface area contributed by atoms with Crippen molar-refractivity contribution in [2.24, 2.45) is 0 Å². The van der Waals surface area contributed by atoms with Gasteiger partial charge in [-0.3, -0.25) is 0 Å². The van der Waals surface area contributed by atoms with Crippen LogP contribution in [0.5, 0.6) is 5.75 Å². The Morgan fingerprint density at radius 2 is 1.87 bits per heavy atom. The van der Waals surface area contributed by atoms with E-state index in [2.05, 4.69) is 42.6 Å². The summed E-state index contributed by atoms with van der Waals surface area (Å²) in [7, 11) is 0. The number of carbonyl (C=O) groups excluding carboxylic acids is 1. The first-order valence-corrected chi connectivity index (χ1v) is 10.6. The normalized spacial score (nSPS) is 10.5. The molecule has 0 aliphatic heterocycles. The molecule has 0 saturated heterocycles. The number of rotatable bonds is 10. The zero-order chi connectivity index (χ0) is 22.1. The van der Waals surface area contributed by atoms with Crippen LogP contribution in [-0.2, 0) is 17.9 Å². The zero-order valence-electron chi connectivity index (χ0n) is 18.2. The molecule has 0 fully saturated rings. The van der Waals surface area contributed by atoms with Gasteiger partial charge >= 0.3 is 0 Å². The first kappa shape index (κ1) is 22.3. The molecule has 0 aromatic heterocycles. The van der Waals surface area contributed by atoms with Gasteiger partial charge < -0.3 is 14.8 Å². The third-order valence-corrected chi connectivity index (χ3v) is 5.29. The van der Waals surface area contributed by atoms with Crippen LogP contribution in [0.3, 0.4) is 0 Å². The van der Waals surface area contributed by atoms with E-state index in [0.29, 0.717) is 30.9 Å². The number of nitrogens with zero attached hydrogens (tertiary/aromatic N) is 1. The standard InChI is InChI=1S/C27H28N2O2/c1-20(30)8-7-15-29-18-22-13-14-27(25(16-22)17-28)31-19-24-11-6-12-26(21(24)2)23-9-4-3-5-10-23/h3-6,9-14,16,29H,7-8,15,18-19H2,1-2H3. The van der Waals surface area contributed by atoms with Crippen molar-refractivity contribution >= 4 is 5.78 Å². The van der Waals surface area contributed by atoms with Crippen LogP contribution < -0.4 is 10.1 Å². The van der Waals surface area contributed by atoms with Gasteiger partial charge in [0.15, 0.2) is 0 Å². The second-order valence-electron chi connectivity index (χ2n) is 7.67. The predicted molar refractivity (Wildman–Crippen MR) is 124 cm³/mol. The van der Waals surface area contributed by atoms with Crippen LogP contribution in [-0.4, -0.2) is 12.3 Å². The van der Waals surface area contributed by atoms with Crippen LogP contribution in [0, 0.1) is 18.3 Å². The van der Waals surface area contributed by atoms with E-state index >= 15 is 0 Å². The lowest BCUT2D eigenvalue weighted by Crippen LogP contribution is -2.15. The molecule has 0 amide bonds. The number of hydrogen-bond donors (Lipinski definition) is 1. The van der Waals surface area contributed by atoms with Gasteiger partial charge in [-0.1, -0.05) is 54.6 Å². The summed E-state index contributed by atoms with van der Waals surface area (Å²) in [6.07, 6.45) is 1.41. The van der Waals surface area contributed by atoms with Crippen LogP contribution in [0.15, 0.2) is 66.7 Å². The number of nitrogens with one attached hydrogen (secondary N) is 1. The second kappa shape index (κ2) is 11.1. The molecule has 3 aromatic rings. The predicted octanol–water partition coefficient (Wildman–Crippen LogP) is 5.57. The Bertz CT molecular complexity index is 1070. The van der Waals surface area contributed by atoms with E-state index in [4.69, 9.17) is 4.74 Å². The molecule has 0 aliphatic rings. The van der Waals surface area contributed by atoms with E-state index in [9.17, 15) is 10.1 Å². The van der Waals surface area contributed by atoms with Crippen molar-refractivity contribution < 1.29 is 9.53 Å². The van der Waals surface area contributed by atoms with Gasteiger partial charge in [0.25, 0.3) is 0 Å². The number of carbonyl (C=O) groups is 1. The van der Waals surface area contributed by atoms with Crippen LogP contribution >= 0.6 is 0 Å². The molecular formula is C27H28N2O2. The maximum Gasteiger partial charge on any atom is 0.137 e. The van der Waals surface area contributed by atoms with Crippen molar-refractivity contribution in [3.05, 3.63) is 89.0 Å². The molecule has 0 unspecified atom stereocenters. The van der Waals surface area contributed by atoms with Gasteiger partial charge in [-0.15, -0.1) is 0 Å². The number of ketones is 1. The first-order chi connectivity index (χ1) is 15.1. The summed E-state index contributed by atoms with van der Waals surface area (Å²) in [6.45, 7) is 5.55. The highest BCUT2D eigenvalue weighted by atomic mass is 16.5. The van der Waals surface area contributed by atoms with Crippen LogP contribution in [0.25, 0.3) is 11.1 Å².